The number of nitrogens with one attached hydrogen (secondary N) is 1. The molecular weight excluding hydrogens is 340 g/mol. The van der Waals surface area contributed by atoms with Gasteiger partial charge in [-0.2, -0.15) is 5.26 Å². The standard InChI is InChI=1S/C20H22N6O/c1-22-5-6-24-17-12-18(25-20(13-17)23-2)15-3-4-19(16(11-15)14-21)26-7-9-27-10-8-26/h3-6,11-12H,1,7-10,13H2,2H3,(H,23,25)/b6-5-,24-17-. The molecule has 0 aliphatic carbocycles. The van der Waals surface area contributed by atoms with Gasteiger partial charge in [0.2, 0.25) is 0 Å². The minimum absolute atomic E-state index is 0.610. The fourth-order valence-corrected chi connectivity index (χ4v) is 3.01. The van der Waals surface area contributed by atoms with Crippen molar-refractivity contribution >= 4 is 29.6 Å². The molecule has 1 fully saturated rings. The third-order valence-corrected chi connectivity index (χ3v) is 4.37. The van der Waals surface area contributed by atoms with Gasteiger partial charge in [0, 0.05) is 44.5 Å². The van der Waals surface area contributed by atoms with Crippen LogP contribution in [0.5, 0.6) is 0 Å². The third kappa shape index (κ3) is 4.49. The molecular formula is C20H22N6O. The zero-order chi connectivity index (χ0) is 19.1. The topological polar surface area (TPSA) is 85.4 Å². The molecule has 1 N–H and O–H groups in total. The van der Waals surface area contributed by atoms with Crippen LogP contribution in [0.2, 0.25) is 0 Å². The molecule has 2 aliphatic heterocycles. The highest BCUT2D eigenvalue weighted by molar-refractivity contribution is 6.16. The quantitative estimate of drug-likeness (QED) is 0.833. The molecule has 2 heterocycles. The van der Waals surface area contributed by atoms with Crippen LogP contribution in [0.3, 0.4) is 0 Å². The molecule has 7 heteroatoms. The number of benzene rings is 1. The first kappa shape index (κ1) is 18.5. The molecule has 0 radical (unpaired) electrons. The highest BCUT2D eigenvalue weighted by atomic mass is 16.5. The molecule has 0 bridgehead atoms. The van der Waals surface area contributed by atoms with Gasteiger partial charge in [-0.05, 0) is 24.9 Å². The Morgan fingerprint density at radius 2 is 2.15 bits per heavy atom. The highest BCUT2D eigenvalue weighted by Crippen LogP contribution is 2.27. The van der Waals surface area contributed by atoms with E-state index in [0.29, 0.717) is 25.2 Å². The summed E-state index contributed by atoms with van der Waals surface area (Å²) in [4.78, 5) is 14.9. The summed E-state index contributed by atoms with van der Waals surface area (Å²) in [7, 11) is 1.84. The summed E-state index contributed by atoms with van der Waals surface area (Å²) in [6, 6.07) is 8.19. The van der Waals surface area contributed by atoms with Gasteiger partial charge in [-0.15, -0.1) is 0 Å². The Balaban J connectivity index is 1.95. The van der Waals surface area contributed by atoms with Gasteiger partial charge in [0.15, 0.2) is 0 Å². The van der Waals surface area contributed by atoms with Gasteiger partial charge in [-0.1, -0.05) is 6.07 Å². The van der Waals surface area contributed by atoms with E-state index in [1.165, 1.54) is 6.20 Å². The van der Waals surface area contributed by atoms with Crippen LogP contribution >= 0.6 is 0 Å². The lowest BCUT2D eigenvalue weighted by Crippen LogP contribution is -2.36. The first-order valence-corrected chi connectivity index (χ1v) is 8.77. The lowest BCUT2D eigenvalue weighted by atomic mass is 10.0. The molecule has 7 nitrogen and oxygen atoms in total. The van der Waals surface area contributed by atoms with E-state index < -0.39 is 0 Å². The van der Waals surface area contributed by atoms with Crippen LogP contribution in [0.1, 0.15) is 17.5 Å². The zero-order valence-corrected chi connectivity index (χ0v) is 15.4. The Labute approximate surface area is 159 Å². The second-order valence-electron chi connectivity index (χ2n) is 6.06. The number of rotatable bonds is 4. The van der Waals surface area contributed by atoms with Gasteiger partial charge in [-0.3, -0.25) is 9.98 Å². The van der Waals surface area contributed by atoms with Crippen molar-refractivity contribution in [3.8, 4) is 6.07 Å². The summed E-state index contributed by atoms with van der Waals surface area (Å²) in [6.07, 6.45) is 5.69. The maximum atomic E-state index is 9.64. The van der Waals surface area contributed by atoms with Crippen molar-refractivity contribution in [1.29, 1.82) is 5.26 Å². The van der Waals surface area contributed by atoms with E-state index in [0.717, 1.165) is 41.6 Å². The second-order valence-corrected chi connectivity index (χ2v) is 6.06. The van der Waals surface area contributed by atoms with Gasteiger partial charge < -0.3 is 15.0 Å². The fourth-order valence-electron chi connectivity index (χ4n) is 3.01. The number of anilines is 1. The number of hydrogen-bond donors (Lipinski definition) is 1. The molecule has 138 valence electrons. The Kier molecular flexibility index (Phi) is 6.13. The Morgan fingerprint density at radius 3 is 2.85 bits per heavy atom. The number of allylic oxidation sites excluding steroid dienone is 1. The average Bonchev–Trinajstić information content (AvgIpc) is 2.74. The molecule has 0 unspecified atom stereocenters. The Hall–Kier alpha value is -3.24. The van der Waals surface area contributed by atoms with E-state index in [4.69, 9.17) is 4.74 Å². The summed E-state index contributed by atoms with van der Waals surface area (Å²) in [5, 5.41) is 12.7. The maximum absolute atomic E-state index is 9.64. The fraction of sp³-hybridized carbons (Fsp3) is 0.300. The van der Waals surface area contributed by atoms with Gasteiger partial charge >= 0.3 is 0 Å². The molecule has 3 rings (SSSR count). The van der Waals surface area contributed by atoms with E-state index in [2.05, 4.69) is 38.0 Å². The lowest BCUT2D eigenvalue weighted by Gasteiger charge is -2.29. The summed E-state index contributed by atoms with van der Waals surface area (Å²) in [6.45, 7) is 6.35. The lowest BCUT2D eigenvalue weighted by molar-refractivity contribution is 0.122. The monoisotopic (exact) mass is 362 g/mol. The van der Waals surface area contributed by atoms with Crippen LogP contribution in [-0.2, 0) is 4.74 Å². The van der Waals surface area contributed by atoms with Crippen molar-refractivity contribution in [1.82, 2.24) is 5.32 Å². The number of ether oxygens (including phenoxy) is 1. The van der Waals surface area contributed by atoms with Crippen molar-refractivity contribution in [3.63, 3.8) is 0 Å². The van der Waals surface area contributed by atoms with E-state index in [1.54, 1.807) is 6.20 Å². The number of hydrogen-bond acceptors (Lipinski definition) is 7. The van der Waals surface area contributed by atoms with Gasteiger partial charge in [-0.25, -0.2) is 4.99 Å². The SMILES string of the molecule is C=N/C=C\N=C1\C=C(c2ccc(N3CCOCC3)c(C#N)c2)N=C(NC)C1. The predicted molar refractivity (Wildman–Crippen MR) is 109 cm³/mol. The number of nitriles is 1. The van der Waals surface area contributed by atoms with Crippen molar-refractivity contribution < 1.29 is 4.74 Å². The first-order valence-electron chi connectivity index (χ1n) is 8.77. The Morgan fingerprint density at radius 1 is 1.33 bits per heavy atom. The van der Waals surface area contributed by atoms with Gasteiger partial charge in [0.05, 0.1) is 35.9 Å². The van der Waals surface area contributed by atoms with E-state index in [9.17, 15) is 5.26 Å². The molecule has 0 amide bonds. The van der Waals surface area contributed by atoms with Crippen molar-refractivity contribution in [2.75, 3.05) is 38.3 Å². The molecule has 0 aromatic heterocycles. The summed E-state index contributed by atoms with van der Waals surface area (Å²) in [5.74, 6) is 0.821. The molecule has 0 atom stereocenters. The van der Waals surface area contributed by atoms with Crippen LogP contribution in [0.4, 0.5) is 5.69 Å². The largest absolute Gasteiger partial charge is 0.378 e. The molecule has 27 heavy (non-hydrogen) atoms. The van der Waals surface area contributed by atoms with Crippen LogP contribution in [0.25, 0.3) is 5.70 Å². The minimum Gasteiger partial charge on any atom is -0.378 e. The summed E-state index contributed by atoms with van der Waals surface area (Å²) < 4.78 is 5.40. The van der Waals surface area contributed by atoms with E-state index in [-0.39, 0.29) is 0 Å². The van der Waals surface area contributed by atoms with Gasteiger partial charge in [0.25, 0.3) is 0 Å². The average molecular weight is 362 g/mol. The third-order valence-electron chi connectivity index (χ3n) is 4.37. The van der Waals surface area contributed by atoms with Crippen LogP contribution < -0.4 is 10.2 Å². The summed E-state index contributed by atoms with van der Waals surface area (Å²) >= 11 is 0. The van der Waals surface area contributed by atoms with E-state index >= 15 is 0 Å². The first-order chi connectivity index (χ1) is 13.2. The zero-order valence-electron chi connectivity index (χ0n) is 15.4. The number of aliphatic imine (C=N–C) groups is 3. The summed E-state index contributed by atoms with van der Waals surface area (Å²) in [5.41, 5.74) is 4.09. The molecule has 0 spiro atoms. The van der Waals surface area contributed by atoms with E-state index in [1.807, 2.05) is 31.3 Å². The van der Waals surface area contributed by atoms with Crippen molar-refractivity contribution in [2.24, 2.45) is 15.0 Å². The van der Waals surface area contributed by atoms with Crippen LogP contribution in [0, 0.1) is 11.3 Å². The molecule has 0 saturated carbocycles. The van der Waals surface area contributed by atoms with Gasteiger partial charge in [0.1, 0.15) is 11.9 Å². The molecule has 1 aromatic rings. The second kappa shape index (κ2) is 8.92. The molecule has 2 aliphatic rings. The molecule has 1 aromatic carbocycles. The minimum atomic E-state index is 0.610. The normalized spacial score (nSPS) is 18.8. The highest BCUT2D eigenvalue weighted by Gasteiger charge is 2.18. The van der Waals surface area contributed by atoms with Crippen LogP contribution in [-0.4, -0.2) is 51.6 Å². The molecule has 1 saturated heterocycles. The smallest absolute Gasteiger partial charge is 0.108 e. The van der Waals surface area contributed by atoms with Crippen LogP contribution in [0.15, 0.2) is 51.7 Å². The number of amidine groups is 1. The van der Waals surface area contributed by atoms with Crippen molar-refractivity contribution in [2.45, 2.75) is 6.42 Å². The number of nitrogens with zero attached hydrogens (tertiary/aromatic N) is 5. The predicted octanol–water partition coefficient (Wildman–Crippen LogP) is 2.37. The Bertz CT molecular complexity index is 869. The number of morpholine rings is 1. The van der Waals surface area contributed by atoms with Crippen molar-refractivity contribution in [3.05, 3.63) is 47.8 Å². The maximum Gasteiger partial charge on any atom is 0.108 e.